The Labute approximate surface area is 150 Å². The van der Waals surface area contributed by atoms with Gasteiger partial charge in [-0.05, 0) is 6.07 Å². The van der Waals surface area contributed by atoms with Gasteiger partial charge in [-0.15, -0.1) is 11.3 Å². The lowest BCUT2D eigenvalue weighted by Crippen LogP contribution is -2.02. The number of thiazole rings is 1. The summed E-state index contributed by atoms with van der Waals surface area (Å²) in [5, 5.41) is 23.3. The van der Waals surface area contributed by atoms with E-state index in [0.717, 1.165) is 17.3 Å². The number of aromatic hydroxyl groups is 1. The fraction of sp³-hybridized carbons (Fsp3) is 0. The maximum atomic E-state index is 12.3. The lowest BCUT2D eigenvalue weighted by molar-refractivity contribution is -0.385. The highest BCUT2D eigenvalue weighted by molar-refractivity contribution is 7.13. The summed E-state index contributed by atoms with van der Waals surface area (Å²) in [4.78, 5) is 27.1. The van der Waals surface area contributed by atoms with Crippen molar-refractivity contribution in [2.45, 2.75) is 0 Å². The van der Waals surface area contributed by atoms with Gasteiger partial charge in [0.05, 0.1) is 16.2 Å². The van der Waals surface area contributed by atoms with E-state index in [4.69, 9.17) is 4.42 Å². The third-order valence-corrected chi connectivity index (χ3v) is 4.71. The molecule has 7 nitrogen and oxygen atoms in total. The number of phenolic OH excluding ortho intramolecular Hbond substituents is 1. The lowest BCUT2D eigenvalue weighted by Gasteiger charge is -2.01. The first-order valence-electron chi connectivity index (χ1n) is 7.49. The molecule has 0 aliphatic heterocycles. The third kappa shape index (κ3) is 2.72. The van der Waals surface area contributed by atoms with Gasteiger partial charge in [0.1, 0.15) is 10.6 Å². The van der Waals surface area contributed by atoms with Crippen LogP contribution in [-0.4, -0.2) is 15.0 Å². The maximum absolute atomic E-state index is 12.3. The van der Waals surface area contributed by atoms with Crippen molar-refractivity contribution < 1.29 is 14.4 Å². The van der Waals surface area contributed by atoms with Gasteiger partial charge in [0, 0.05) is 28.5 Å². The van der Waals surface area contributed by atoms with Gasteiger partial charge in [-0.25, -0.2) is 9.78 Å². The Balaban J connectivity index is 1.85. The van der Waals surface area contributed by atoms with Crippen LogP contribution in [0.25, 0.3) is 32.8 Å². The van der Waals surface area contributed by atoms with Crippen LogP contribution in [0.1, 0.15) is 0 Å². The Morgan fingerprint density at radius 3 is 2.65 bits per heavy atom. The second-order valence-electron chi connectivity index (χ2n) is 5.49. The molecule has 2 heterocycles. The summed E-state index contributed by atoms with van der Waals surface area (Å²) in [6.45, 7) is 0. The molecule has 2 aromatic carbocycles. The van der Waals surface area contributed by atoms with Gasteiger partial charge in [-0.2, -0.15) is 0 Å². The molecule has 0 fully saturated rings. The molecule has 0 aliphatic carbocycles. The molecule has 1 N–H and O–H groups in total. The first-order valence-corrected chi connectivity index (χ1v) is 8.37. The fourth-order valence-electron chi connectivity index (χ4n) is 2.58. The summed E-state index contributed by atoms with van der Waals surface area (Å²) in [6.07, 6.45) is 0. The van der Waals surface area contributed by atoms with E-state index in [1.807, 2.05) is 35.7 Å². The zero-order valence-corrected chi connectivity index (χ0v) is 13.9. The molecule has 0 saturated heterocycles. The zero-order chi connectivity index (χ0) is 18.3. The molecule has 4 rings (SSSR count). The summed E-state index contributed by atoms with van der Waals surface area (Å²) in [5.41, 5.74) is 0.843. The van der Waals surface area contributed by atoms with Crippen molar-refractivity contribution in [1.29, 1.82) is 0 Å². The molecule has 2 aromatic heterocycles. The van der Waals surface area contributed by atoms with E-state index in [1.54, 1.807) is 0 Å². The van der Waals surface area contributed by atoms with Crippen molar-refractivity contribution in [1.82, 2.24) is 4.98 Å². The Hall–Kier alpha value is -3.52. The van der Waals surface area contributed by atoms with Gasteiger partial charge >= 0.3 is 11.3 Å². The van der Waals surface area contributed by atoms with Crippen LogP contribution >= 0.6 is 11.3 Å². The van der Waals surface area contributed by atoms with Gasteiger partial charge in [0.25, 0.3) is 0 Å². The van der Waals surface area contributed by atoms with Crippen LogP contribution in [0.2, 0.25) is 0 Å². The summed E-state index contributed by atoms with van der Waals surface area (Å²) < 4.78 is 5.21. The minimum absolute atomic E-state index is 0.0710. The second kappa shape index (κ2) is 6.08. The zero-order valence-electron chi connectivity index (χ0n) is 13.1. The van der Waals surface area contributed by atoms with E-state index in [-0.39, 0.29) is 11.1 Å². The molecule has 0 saturated carbocycles. The molecular formula is C18H10N2O5S. The summed E-state index contributed by atoms with van der Waals surface area (Å²) in [5.74, 6) is -0.556. The second-order valence-corrected chi connectivity index (χ2v) is 6.35. The van der Waals surface area contributed by atoms with Crippen molar-refractivity contribution >= 4 is 28.0 Å². The number of nitro benzene ring substituents is 1. The van der Waals surface area contributed by atoms with E-state index in [9.17, 15) is 20.0 Å². The number of rotatable bonds is 3. The predicted octanol–water partition coefficient (Wildman–Crippen LogP) is 4.20. The molecule has 0 atom stereocenters. The minimum Gasteiger partial charge on any atom is -0.502 e. The maximum Gasteiger partial charge on any atom is 0.346 e. The molecule has 4 aromatic rings. The Morgan fingerprint density at radius 2 is 1.92 bits per heavy atom. The number of phenols is 1. The lowest BCUT2D eigenvalue weighted by atomic mass is 10.1. The van der Waals surface area contributed by atoms with Crippen LogP contribution < -0.4 is 5.63 Å². The Bertz CT molecular complexity index is 1200. The smallest absolute Gasteiger partial charge is 0.346 e. The topological polar surface area (TPSA) is 106 Å². The number of nitrogens with zero attached hydrogens (tertiary/aromatic N) is 2. The average Bonchev–Trinajstić information content (AvgIpc) is 3.11. The fourth-order valence-corrected chi connectivity index (χ4v) is 3.41. The van der Waals surface area contributed by atoms with E-state index >= 15 is 0 Å². The van der Waals surface area contributed by atoms with Crippen molar-refractivity contribution in [3.63, 3.8) is 0 Å². The van der Waals surface area contributed by atoms with Gasteiger partial charge in [-0.1, -0.05) is 30.3 Å². The van der Waals surface area contributed by atoms with Gasteiger partial charge < -0.3 is 9.52 Å². The first-order chi connectivity index (χ1) is 12.5. The van der Waals surface area contributed by atoms with E-state index < -0.39 is 22.0 Å². The summed E-state index contributed by atoms with van der Waals surface area (Å²) in [7, 11) is 0. The van der Waals surface area contributed by atoms with Crippen LogP contribution in [0.15, 0.2) is 63.1 Å². The molecule has 0 unspecified atom stereocenters. The number of hydrogen-bond donors (Lipinski definition) is 1. The number of aromatic nitrogens is 1. The highest BCUT2D eigenvalue weighted by Gasteiger charge is 2.18. The molecule has 0 spiro atoms. The predicted molar refractivity (Wildman–Crippen MR) is 97.3 cm³/mol. The molecule has 128 valence electrons. The van der Waals surface area contributed by atoms with Gasteiger partial charge in [-0.3, -0.25) is 10.1 Å². The highest BCUT2D eigenvalue weighted by Crippen LogP contribution is 2.33. The largest absolute Gasteiger partial charge is 0.502 e. The Morgan fingerprint density at radius 1 is 1.15 bits per heavy atom. The van der Waals surface area contributed by atoms with Crippen LogP contribution in [-0.2, 0) is 0 Å². The van der Waals surface area contributed by atoms with Crippen LogP contribution in [0.5, 0.6) is 5.75 Å². The highest BCUT2D eigenvalue weighted by atomic mass is 32.1. The van der Waals surface area contributed by atoms with Gasteiger partial charge in [0.2, 0.25) is 0 Å². The Kier molecular flexibility index (Phi) is 3.74. The molecule has 0 amide bonds. The van der Waals surface area contributed by atoms with Crippen molar-refractivity contribution in [2.75, 3.05) is 0 Å². The van der Waals surface area contributed by atoms with Crippen LogP contribution in [0.4, 0.5) is 5.69 Å². The monoisotopic (exact) mass is 366 g/mol. The van der Waals surface area contributed by atoms with Crippen LogP contribution in [0, 0.1) is 10.1 Å². The molecule has 26 heavy (non-hydrogen) atoms. The third-order valence-electron chi connectivity index (χ3n) is 3.83. The van der Waals surface area contributed by atoms with Crippen molar-refractivity contribution in [3.8, 4) is 27.6 Å². The number of benzene rings is 2. The molecular weight excluding hydrogens is 356 g/mol. The quantitative estimate of drug-likeness (QED) is 0.331. The van der Waals surface area contributed by atoms with E-state index in [0.29, 0.717) is 10.4 Å². The molecule has 0 aliphatic rings. The SMILES string of the molecule is O=c1oc2cc(O)c([N+](=O)[O-])cc2cc1-c1nc(-c2ccccc2)cs1. The van der Waals surface area contributed by atoms with Crippen molar-refractivity contribution in [2.24, 2.45) is 0 Å². The van der Waals surface area contributed by atoms with Crippen LogP contribution in [0.3, 0.4) is 0 Å². The molecule has 0 radical (unpaired) electrons. The average molecular weight is 366 g/mol. The molecule has 0 bridgehead atoms. The standard InChI is InChI=1S/C18H10N2O5S/c21-15-8-16-11(7-14(15)20(23)24)6-12(18(22)25-16)17-19-13(9-26-17)10-4-2-1-3-5-10/h1-9,21H. The minimum atomic E-state index is -0.698. The summed E-state index contributed by atoms with van der Waals surface area (Å²) in [6, 6.07) is 13.2. The van der Waals surface area contributed by atoms with E-state index in [1.165, 1.54) is 23.5 Å². The number of hydrogen-bond acceptors (Lipinski definition) is 7. The normalized spacial score (nSPS) is 10.9. The van der Waals surface area contributed by atoms with Crippen molar-refractivity contribution in [3.05, 3.63) is 74.4 Å². The number of nitro groups is 1. The van der Waals surface area contributed by atoms with E-state index in [2.05, 4.69) is 4.98 Å². The molecule has 8 heteroatoms. The van der Waals surface area contributed by atoms with Gasteiger partial charge in [0.15, 0.2) is 5.75 Å². The number of fused-ring (bicyclic) bond motifs is 1. The first kappa shape index (κ1) is 16.0. The summed E-state index contributed by atoms with van der Waals surface area (Å²) >= 11 is 1.28.